The number of carbonyl (C=O) groups is 3. The number of hydrogen-bond donors (Lipinski definition) is 0. The van der Waals surface area contributed by atoms with E-state index in [-0.39, 0.29) is 29.7 Å². The van der Waals surface area contributed by atoms with Gasteiger partial charge in [0.2, 0.25) is 6.79 Å². The van der Waals surface area contributed by atoms with Crippen LogP contribution in [0.15, 0.2) is 71.6 Å². The monoisotopic (exact) mass is 559 g/mol. The van der Waals surface area contributed by atoms with Crippen LogP contribution in [-0.2, 0) is 17.9 Å². The molecule has 0 atom stereocenters. The van der Waals surface area contributed by atoms with E-state index in [1.54, 1.807) is 48.5 Å². The van der Waals surface area contributed by atoms with Crippen molar-refractivity contribution >= 4 is 34.9 Å². The summed E-state index contributed by atoms with van der Waals surface area (Å²) in [4.78, 5) is 44.1. The van der Waals surface area contributed by atoms with E-state index in [0.29, 0.717) is 24.2 Å². The van der Waals surface area contributed by atoms with E-state index in [1.165, 1.54) is 6.07 Å². The number of amides is 3. The normalized spacial score (nSPS) is 18.2. The van der Waals surface area contributed by atoms with Gasteiger partial charge < -0.3 is 14.4 Å². The third-order valence-corrected chi connectivity index (χ3v) is 8.00. The maximum atomic E-state index is 14.1. The Bertz CT molecular complexity index is 1520. The Kier molecular flexibility index (Phi) is 7.27. The molecule has 3 aliphatic rings. The first kappa shape index (κ1) is 26.1. The first-order chi connectivity index (χ1) is 19.4. The summed E-state index contributed by atoms with van der Waals surface area (Å²) in [6.07, 6.45) is 1.60. The maximum absolute atomic E-state index is 14.1. The molecule has 3 heterocycles. The van der Waals surface area contributed by atoms with Crippen molar-refractivity contribution in [2.45, 2.75) is 13.1 Å². The molecule has 204 valence electrons. The van der Waals surface area contributed by atoms with Crippen molar-refractivity contribution in [3.05, 3.63) is 99.7 Å². The number of carbonyl (C=O) groups excluding carboxylic acids is 3. The lowest BCUT2D eigenvalue weighted by Crippen LogP contribution is -2.48. The Balaban J connectivity index is 1.08. The Hall–Kier alpha value is -4.15. The van der Waals surface area contributed by atoms with E-state index in [0.717, 1.165) is 53.4 Å². The molecular formula is C30H26FN3O5S. The highest BCUT2D eigenvalue weighted by atomic mass is 32.2. The van der Waals surface area contributed by atoms with Gasteiger partial charge in [0.15, 0.2) is 11.5 Å². The number of rotatable bonds is 6. The number of thioether (sulfide) groups is 1. The van der Waals surface area contributed by atoms with Crippen molar-refractivity contribution in [2.24, 2.45) is 0 Å². The van der Waals surface area contributed by atoms with Crippen LogP contribution in [0.3, 0.4) is 0 Å². The minimum atomic E-state index is -0.478. The standard InChI is InChI=1S/C30H26FN3O5S/c31-24-7-2-1-5-23(24)18-34-29(36)27(40-30(34)37)16-20-4-3-6-22(14-20)28(35)33-12-10-32(11-13-33)17-21-8-9-25-26(15-21)39-19-38-25/h1-9,14-16H,10-13,17-19H2/b27-16-. The number of benzene rings is 3. The number of imide groups is 1. The largest absolute Gasteiger partial charge is 0.454 e. The van der Waals surface area contributed by atoms with Crippen molar-refractivity contribution in [3.63, 3.8) is 0 Å². The SMILES string of the molecule is O=C(c1cccc(/C=C2\SC(=O)N(Cc3ccccc3F)C2=O)c1)N1CCN(Cc2ccc3c(c2)OCO3)CC1. The third kappa shape index (κ3) is 5.45. The van der Waals surface area contributed by atoms with E-state index >= 15 is 0 Å². The predicted octanol–water partition coefficient (Wildman–Crippen LogP) is 4.75. The molecule has 3 amide bonds. The molecule has 0 saturated carbocycles. The Morgan fingerprint density at radius 1 is 0.900 bits per heavy atom. The molecule has 6 rings (SSSR count). The molecule has 0 radical (unpaired) electrons. The number of hydrogen-bond acceptors (Lipinski definition) is 7. The maximum Gasteiger partial charge on any atom is 0.293 e. The molecular weight excluding hydrogens is 533 g/mol. The average Bonchev–Trinajstić information content (AvgIpc) is 3.54. The number of fused-ring (bicyclic) bond motifs is 1. The summed E-state index contributed by atoms with van der Waals surface area (Å²) in [5.41, 5.74) is 2.57. The highest BCUT2D eigenvalue weighted by Crippen LogP contribution is 2.34. The Labute approximate surface area is 234 Å². The van der Waals surface area contributed by atoms with Gasteiger partial charge in [-0.05, 0) is 59.3 Å². The number of piperazine rings is 1. The van der Waals surface area contributed by atoms with Gasteiger partial charge in [0.1, 0.15) is 5.82 Å². The van der Waals surface area contributed by atoms with Crippen LogP contribution in [0.5, 0.6) is 11.5 Å². The summed E-state index contributed by atoms with van der Waals surface area (Å²) in [6, 6.07) is 19.1. The van der Waals surface area contributed by atoms with Gasteiger partial charge in [0.05, 0.1) is 11.4 Å². The highest BCUT2D eigenvalue weighted by Gasteiger charge is 2.35. The molecule has 3 aromatic rings. The second-order valence-electron chi connectivity index (χ2n) is 9.74. The lowest BCUT2D eigenvalue weighted by Gasteiger charge is -2.34. The lowest BCUT2D eigenvalue weighted by molar-refractivity contribution is -0.123. The molecule has 3 aliphatic heterocycles. The van der Waals surface area contributed by atoms with E-state index in [2.05, 4.69) is 4.90 Å². The molecule has 10 heteroatoms. The molecule has 0 spiro atoms. The van der Waals surface area contributed by atoms with Crippen LogP contribution in [0, 0.1) is 5.82 Å². The van der Waals surface area contributed by atoms with Crippen molar-refractivity contribution < 1.29 is 28.2 Å². The van der Waals surface area contributed by atoms with Gasteiger partial charge in [-0.3, -0.25) is 24.2 Å². The van der Waals surface area contributed by atoms with Gasteiger partial charge in [0, 0.05) is 43.9 Å². The zero-order chi connectivity index (χ0) is 27.6. The second kappa shape index (κ2) is 11.1. The van der Waals surface area contributed by atoms with Gasteiger partial charge in [-0.25, -0.2) is 4.39 Å². The van der Waals surface area contributed by atoms with E-state index in [9.17, 15) is 18.8 Å². The number of nitrogens with zero attached hydrogens (tertiary/aromatic N) is 3. The van der Waals surface area contributed by atoms with Gasteiger partial charge in [0.25, 0.3) is 17.1 Å². The molecule has 0 aliphatic carbocycles. The van der Waals surface area contributed by atoms with Crippen molar-refractivity contribution in [3.8, 4) is 11.5 Å². The zero-order valence-corrected chi connectivity index (χ0v) is 22.4. The highest BCUT2D eigenvalue weighted by molar-refractivity contribution is 8.18. The van der Waals surface area contributed by atoms with E-state index in [1.807, 2.05) is 23.1 Å². The molecule has 2 fully saturated rings. The van der Waals surface area contributed by atoms with Crippen LogP contribution in [0.1, 0.15) is 27.0 Å². The minimum Gasteiger partial charge on any atom is -0.454 e. The predicted molar refractivity (Wildman–Crippen MR) is 148 cm³/mol. The fraction of sp³-hybridized carbons (Fsp3) is 0.233. The fourth-order valence-corrected chi connectivity index (χ4v) is 5.77. The van der Waals surface area contributed by atoms with Crippen LogP contribution in [0.25, 0.3) is 6.08 Å². The molecule has 8 nitrogen and oxygen atoms in total. The third-order valence-electron chi connectivity index (χ3n) is 7.09. The molecule has 0 bridgehead atoms. The first-order valence-corrected chi connectivity index (χ1v) is 13.8. The minimum absolute atomic E-state index is 0.0781. The van der Waals surface area contributed by atoms with Gasteiger partial charge >= 0.3 is 0 Å². The zero-order valence-electron chi connectivity index (χ0n) is 21.5. The molecule has 0 N–H and O–H groups in total. The summed E-state index contributed by atoms with van der Waals surface area (Å²) >= 11 is 0.812. The summed E-state index contributed by atoms with van der Waals surface area (Å²) in [6.45, 7) is 3.57. The summed E-state index contributed by atoms with van der Waals surface area (Å²) < 4.78 is 24.9. The molecule has 3 aromatic carbocycles. The van der Waals surface area contributed by atoms with Gasteiger partial charge in [-0.2, -0.15) is 0 Å². The molecule has 40 heavy (non-hydrogen) atoms. The van der Waals surface area contributed by atoms with Crippen molar-refractivity contribution in [1.82, 2.24) is 14.7 Å². The molecule has 0 unspecified atom stereocenters. The lowest BCUT2D eigenvalue weighted by atomic mass is 10.1. The van der Waals surface area contributed by atoms with Crippen LogP contribution >= 0.6 is 11.8 Å². The van der Waals surface area contributed by atoms with Crippen LogP contribution in [-0.4, -0.2) is 64.7 Å². The van der Waals surface area contributed by atoms with E-state index < -0.39 is 17.0 Å². The first-order valence-electron chi connectivity index (χ1n) is 12.9. The molecule has 2 saturated heterocycles. The molecule has 0 aromatic heterocycles. The topological polar surface area (TPSA) is 79.4 Å². The number of ether oxygens (including phenoxy) is 2. The quantitative estimate of drug-likeness (QED) is 0.404. The second-order valence-corrected chi connectivity index (χ2v) is 10.7. The van der Waals surface area contributed by atoms with Crippen LogP contribution in [0.2, 0.25) is 0 Å². The van der Waals surface area contributed by atoms with Crippen LogP contribution < -0.4 is 9.47 Å². The fourth-order valence-electron chi connectivity index (χ4n) is 4.94. The number of halogens is 1. The van der Waals surface area contributed by atoms with Crippen LogP contribution in [0.4, 0.5) is 9.18 Å². The van der Waals surface area contributed by atoms with Gasteiger partial charge in [-0.15, -0.1) is 0 Å². The van der Waals surface area contributed by atoms with Crippen molar-refractivity contribution in [1.29, 1.82) is 0 Å². The Morgan fingerprint density at radius 3 is 2.52 bits per heavy atom. The summed E-state index contributed by atoms with van der Waals surface area (Å²) in [5, 5.41) is -0.453. The summed E-state index contributed by atoms with van der Waals surface area (Å²) in [7, 11) is 0. The Morgan fingerprint density at radius 2 is 1.70 bits per heavy atom. The van der Waals surface area contributed by atoms with E-state index in [4.69, 9.17) is 9.47 Å². The smallest absolute Gasteiger partial charge is 0.293 e. The average molecular weight is 560 g/mol. The summed E-state index contributed by atoms with van der Waals surface area (Å²) in [5.74, 6) is 0.505. The van der Waals surface area contributed by atoms with Gasteiger partial charge in [-0.1, -0.05) is 36.4 Å². The van der Waals surface area contributed by atoms with Crippen molar-refractivity contribution in [2.75, 3.05) is 33.0 Å².